The van der Waals surface area contributed by atoms with Crippen LogP contribution < -0.4 is 4.90 Å². The first-order chi connectivity index (χ1) is 10.6. The van der Waals surface area contributed by atoms with Crippen molar-refractivity contribution in [2.45, 2.75) is 19.8 Å². The fourth-order valence-electron chi connectivity index (χ4n) is 3.57. The third kappa shape index (κ3) is 2.06. The Kier molecular flexibility index (Phi) is 2.93. The summed E-state index contributed by atoms with van der Waals surface area (Å²) in [6, 6.07) is 16.8. The van der Waals surface area contributed by atoms with Crippen molar-refractivity contribution in [2.24, 2.45) is 5.41 Å². The monoisotopic (exact) mass is 292 g/mol. The van der Waals surface area contributed by atoms with E-state index in [9.17, 15) is 0 Å². The number of pyridine rings is 1. The molecule has 0 saturated carbocycles. The average molecular weight is 292 g/mol. The van der Waals surface area contributed by atoms with Crippen molar-refractivity contribution in [1.82, 2.24) is 14.6 Å². The molecule has 1 aromatic carbocycles. The maximum Gasteiger partial charge on any atom is 0.231 e. The van der Waals surface area contributed by atoms with E-state index in [4.69, 9.17) is 0 Å². The van der Waals surface area contributed by atoms with Crippen LogP contribution in [0.5, 0.6) is 0 Å². The first-order valence-corrected chi connectivity index (χ1v) is 7.75. The minimum atomic E-state index is 0.210. The van der Waals surface area contributed by atoms with Crippen LogP contribution in [0.3, 0.4) is 0 Å². The minimum Gasteiger partial charge on any atom is -0.339 e. The summed E-state index contributed by atoms with van der Waals surface area (Å²) in [7, 11) is 0. The van der Waals surface area contributed by atoms with E-state index in [-0.39, 0.29) is 5.41 Å². The van der Waals surface area contributed by atoms with Gasteiger partial charge in [-0.05, 0) is 23.1 Å². The van der Waals surface area contributed by atoms with E-state index < -0.39 is 0 Å². The third-order valence-corrected chi connectivity index (χ3v) is 4.73. The van der Waals surface area contributed by atoms with Crippen LogP contribution in [-0.2, 0) is 0 Å². The highest BCUT2D eigenvalue weighted by Gasteiger charge is 2.41. The van der Waals surface area contributed by atoms with Crippen molar-refractivity contribution in [3.63, 3.8) is 0 Å². The molecule has 0 spiro atoms. The minimum absolute atomic E-state index is 0.210. The lowest BCUT2D eigenvalue weighted by atomic mass is 9.78. The molecule has 1 saturated heterocycles. The van der Waals surface area contributed by atoms with Gasteiger partial charge in [-0.1, -0.05) is 50.2 Å². The van der Waals surface area contributed by atoms with Crippen molar-refractivity contribution in [3.8, 4) is 0 Å². The summed E-state index contributed by atoms with van der Waals surface area (Å²) in [5.74, 6) is 1.45. The first-order valence-electron chi connectivity index (χ1n) is 7.75. The molecule has 1 unspecified atom stereocenters. The van der Waals surface area contributed by atoms with Crippen molar-refractivity contribution >= 4 is 11.6 Å². The molecule has 1 atom stereocenters. The van der Waals surface area contributed by atoms with E-state index in [1.54, 1.807) is 0 Å². The van der Waals surface area contributed by atoms with Gasteiger partial charge in [-0.25, -0.2) is 0 Å². The Morgan fingerprint density at radius 2 is 1.77 bits per heavy atom. The molecule has 0 N–H and O–H groups in total. The van der Waals surface area contributed by atoms with Crippen LogP contribution in [0.4, 0.5) is 5.95 Å². The molecule has 3 aromatic rings. The Morgan fingerprint density at radius 1 is 1.00 bits per heavy atom. The summed E-state index contributed by atoms with van der Waals surface area (Å²) in [4.78, 5) is 2.36. The molecule has 1 fully saturated rings. The van der Waals surface area contributed by atoms with Gasteiger partial charge in [-0.15, -0.1) is 10.2 Å². The SMILES string of the molecule is CC1(C)CN(c2nnc3ccccn23)CC1c1ccccc1. The highest BCUT2D eigenvalue weighted by atomic mass is 15.4. The zero-order valence-corrected chi connectivity index (χ0v) is 13.0. The van der Waals surface area contributed by atoms with Crippen molar-refractivity contribution in [3.05, 3.63) is 60.3 Å². The Labute approximate surface area is 130 Å². The largest absolute Gasteiger partial charge is 0.339 e. The molecule has 4 nitrogen and oxygen atoms in total. The van der Waals surface area contributed by atoms with Crippen LogP contribution in [0.2, 0.25) is 0 Å². The molecule has 22 heavy (non-hydrogen) atoms. The van der Waals surface area contributed by atoms with Gasteiger partial charge >= 0.3 is 0 Å². The Bertz CT molecular complexity index is 791. The van der Waals surface area contributed by atoms with Crippen LogP contribution >= 0.6 is 0 Å². The van der Waals surface area contributed by atoms with Gasteiger partial charge in [0.05, 0.1) is 0 Å². The van der Waals surface area contributed by atoms with Gasteiger partial charge < -0.3 is 4.90 Å². The number of nitrogens with zero attached hydrogens (tertiary/aromatic N) is 4. The molecule has 112 valence electrons. The number of anilines is 1. The molecule has 4 heteroatoms. The third-order valence-electron chi connectivity index (χ3n) is 4.73. The second-order valence-electron chi connectivity index (χ2n) is 6.76. The van der Waals surface area contributed by atoms with E-state index in [0.717, 1.165) is 24.7 Å². The van der Waals surface area contributed by atoms with Gasteiger partial charge in [0.1, 0.15) is 0 Å². The molecule has 1 aliphatic rings. The Hall–Kier alpha value is -2.36. The normalized spacial score (nSPS) is 20.6. The number of fused-ring (bicyclic) bond motifs is 1. The van der Waals surface area contributed by atoms with Gasteiger partial charge in [-0.3, -0.25) is 4.40 Å². The quantitative estimate of drug-likeness (QED) is 0.726. The number of benzene rings is 1. The Morgan fingerprint density at radius 3 is 2.59 bits per heavy atom. The summed E-state index contributed by atoms with van der Waals surface area (Å²) in [5, 5.41) is 8.69. The fourth-order valence-corrected chi connectivity index (χ4v) is 3.57. The molecule has 3 heterocycles. The summed E-state index contributed by atoms with van der Waals surface area (Å²) in [6.45, 7) is 6.65. The standard InChI is InChI=1S/C18H20N4/c1-18(2)13-21(12-15(18)14-8-4-3-5-9-14)17-20-19-16-10-6-7-11-22(16)17/h3-11,15H,12-13H2,1-2H3. The second kappa shape index (κ2) is 4.83. The summed E-state index contributed by atoms with van der Waals surface area (Å²) in [6.07, 6.45) is 2.04. The van der Waals surface area contributed by atoms with Crippen molar-refractivity contribution < 1.29 is 0 Å². The molecule has 0 amide bonds. The lowest BCUT2D eigenvalue weighted by Crippen LogP contribution is -2.24. The van der Waals surface area contributed by atoms with E-state index in [0.29, 0.717) is 5.92 Å². The smallest absolute Gasteiger partial charge is 0.231 e. The highest BCUT2D eigenvalue weighted by molar-refractivity contribution is 5.48. The van der Waals surface area contributed by atoms with Crippen LogP contribution in [0.15, 0.2) is 54.7 Å². The molecule has 4 rings (SSSR count). The number of hydrogen-bond acceptors (Lipinski definition) is 3. The average Bonchev–Trinajstić information content (AvgIpc) is 3.08. The van der Waals surface area contributed by atoms with E-state index in [1.165, 1.54) is 5.56 Å². The Balaban J connectivity index is 1.71. The fraction of sp³-hybridized carbons (Fsp3) is 0.333. The summed E-state index contributed by atoms with van der Waals surface area (Å²) >= 11 is 0. The second-order valence-corrected chi connectivity index (χ2v) is 6.76. The van der Waals surface area contributed by atoms with Crippen LogP contribution in [0.1, 0.15) is 25.3 Å². The molecule has 1 aliphatic heterocycles. The van der Waals surface area contributed by atoms with E-state index in [2.05, 4.69) is 63.7 Å². The van der Waals surface area contributed by atoms with E-state index >= 15 is 0 Å². The number of aromatic nitrogens is 3. The van der Waals surface area contributed by atoms with Gasteiger partial charge in [0.25, 0.3) is 0 Å². The number of rotatable bonds is 2. The van der Waals surface area contributed by atoms with E-state index in [1.807, 2.05) is 24.4 Å². The highest BCUT2D eigenvalue weighted by Crippen LogP contribution is 2.43. The van der Waals surface area contributed by atoms with Gasteiger partial charge in [0.2, 0.25) is 5.95 Å². The molecular formula is C18H20N4. The summed E-state index contributed by atoms with van der Waals surface area (Å²) < 4.78 is 2.07. The topological polar surface area (TPSA) is 33.4 Å². The molecule has 2 aromatic heterocycles. The van der Waals surface area contributed by atoms with Gasteiger partial charge in [0.15, 0.2) is 5.65 Å². The van der Waals surface area contributed by atoms with Crippen molar-refractivity contribution in [1.29, 1.82) is 0 Å². The predicted molar refractivity (Wildman–Crippen MR) is 88.2 cm³/mol. The van der Waals surface area contributed by atoms with Crippen LogP contribution in [0.25, 0.3) is 5.65 Å². The predicted octanol–water partition coefficient (Wildman–Crippen LogP) is 3.36. The first kappa shape index (κ1) is 13.3. The number of hydrogen-bond donors (Lipinski definition) is 0. The maximum absolute atomic E-state index is 4.41. The zero-order valence-electron chi connectivity index (χ0n) is 13.0. The maximum atomic E-state index is 4.41. The van der Waals surface area contributed by atoms with Gasteiger partial charge in [0, 0.05) is 25.2 Å². The van der Waals surface area contributed by atoms with Crippen LogP contribution in [0, 0.1) is 5.41 Å². The lowest BCUT2D eigenvalue weighted by molar-refractivity contribution is 0.365. The molecule has 0 bridgehead atoms. The van der Waals surface area contributed by atoms with Crippen LogP contribution in [-0.4, -0.2) is 27.7 Å². The lowest BCUT2D eigenvalue weighted by Gasteiger charge is -2.25. The molecule has 0 aliphatic carbocycles. The summed E-state index contributed by atoms with van der Waals surface area (Å²) in [5.41, 5.74) is 2.52. The zero-order chi connectivity index (χ0) is 15.2. The van der Waals surface area contributed by atoms with Crippen molar-refractivity contribution in [2.75, 3.05) is 18.0 Å². The molecular weight excluding hydrogens is 272 g/mol. The van der Waals surface area contributed by atoms with Gasteiger partial charge in [-0.2, -0.15) is 0 Å². The molecule has 0 radical (unpaired) electrons.